The molecule has 1 atom stereocenters. The van der Waals surface area contributed by atoms with Gasteiger partial charge in [0.2, 0.25) is 0 Å². The zero-order valence-corrected chi connectivity index (χ0v) is 11.2. The van der Waals surface area contributed by atoms with Crippen LogP contribution >= 0.6 is 23.2 Å². The molecule has 2 aromatic rings. The third-order valence-corrected chi connectivity index (χ3v) is 3.11. The molecule has 1 aromatic carbocycles. The number of nitrogens with one attached hydrogen (secondary N) is 1. The number of nitrogens with zero attached hydrogens (tertiary/aromatic N) is 2. The van der Waals surface area contributed by atoms with E-state index in [-0.39, 0.29) is 6.04 Å². The monoisotopic (exact) mass is 282 g/mol. The second-order valence-electron chi connectivity index (χ2n) is 3.85. The summed E-state index contributed by atoms with van der Waals surface area (Å²) in [6.45, 7) is 1.87. The van der Waals surface area contributed by atoms with Crippen molar-refractivity contribution in [2.24, 2.45) is 5.84 Å². The van der Waals surface area contributed by atoms with Crippen LogP contribution in [-0.4, -0.2) is 9.97 Å². The van der Waals surface area contributed by atoms with Crippen LogP contribution < -0.4 is 11.3 Å². The minimum atomic E-state index is -0.343. The van der Waals surface area contributed by atoms with Gasteiger partial charge in [-0.2, -0.15) is 0 Å². The van der Waals surface area contributed by atoms with Gasteiger partial charge < -0.3 is 0 Å². The minimum Gasteiger partial charge on any atom is -0.271 e. The molecule has 0 aliphatic rings. The Balaban J connectivity index is 2.44. The number of aromatic nitrogens is 2. The molecule has 6 heteroatoms. The molecule has 0 radical (unpaired) electrons. The number of halogens is 2. The second kappa shape index (κ2) is 5.63. The normalized spacial score (nSPS) is 12.4. The van der Waals surface area contributed by atoms with E-state index in [0.29, 0.717) is 15.7 Å². The Hall–Kier alpha value is -1.20. The lowest BCUT2D eigenvalue weighted by atomic mass is 10.0. The summed E-state index contributed by atoms with van der Waals surface area (Å²) in [5.41, 5.74) is 4.97. The van der Waals surface area contributed by atoms with Crippen molar-refractivity contribution in [3.8, 4) is 0 Å². The summed E-state index contributed by atoms with van der Waals surface area (Å²) >= 11 is 12.1. The van der Waals surface area contributed by atoms with E-state index in [1.165, 1.54) is 0 Å². The van der Waals surface area contributed by atoms with Gasteiger partial charge in [-0.15, -0.1) is 0 Å². The van der Waals surface area contributed by atoms with Crippen molar-refractivity contribution < 1.29 is 0 Å². The quantitative estimate of drug-likeness (QED) is 0.671. The van der Waals surface area contributed by atoms with Crippen molar-refractivity contribution in [1.82, 2.24) is 15.4 Å². The predicted molar refractivity (Wildman–Crippen MR) is 72.4 cm³/mol. The van der Waals surface area contributed by atoms with Crippen molar-refractivity contribution in [2.75, 3.05) is 0 Å². The van der Waals surface area contributed by atoms with E-state index in [2.05, 4.69) is 15.4 Å². The van der Waals surface area contributed by atoms with Crippen LogP contribution in [0.4, 0.5) is 0 Å². The van der Waals surface area contributed by atoms with Gasteiger partial charge in [-0.1, -0.05) is 23.2 Å². The highest BCUT2D eigenvalue weighted by Crippen LogP contribution is 2.29. The minimum absolute atomic E-state index is 0.343. The summed E-state index contributed by atoms with van der Waals surface area (Å²) < 4.78 is 0. The van der Waals surface area contributed by atoms with Gasteiger partial charge in [0.15, 0.2) is 0 Å². The Morgan fingerprint density at radius 1 is 1.22 bits per heavy atom. The van der Waals surface area contributed by atoms with Crippen molar-refractivity contribution in [1.29, 1.82) is 0 Å². The number of nitrogens with two attached hydrogens (primary N) is 1. The highest BCUT2D eigenvalue weighted by molar-refractivity contribution is 6.33. The Labute approximate surface area is 115 Å². The summed E-state index contributed by atoms with van der Waals surface area (Å²) in [6, 6.07) is 4.87. The molecular formula is C12H12Cl2N4. The molecule has 4 nitrogen and oxygen atoms in total. The van der Waals surface area contributed by atoms with Crippen molar-refractivity contribution in [3.05, 3.63) is 57.6 Å². The molecule has 94 valence electrons. The first kappa shape index (κ1) is 13.2. The van der Waals surface area contributed by atoms with Crippen LogP contribution in [0.5, 0.6) is 0 Å². The maximum absolute atomic E-state index is 6.15. The van der Waals surface area contributed by atoms with E-state index < -0.39 is 0 Å². The molecule has 0 saturated heterocycles. The molecule has 1 unspecified atom stereocenters. The molecule has 3 N–H and O–H groups in total. The number of hydrogen-bond donors (Lipinski definition) is 2. The topological polar surface area (TPSA) is 63.8 Å². The highest BCUT2D eigenvalue weighted by Gasteiger charge is 2.17. The summed E-state index contributed by atoms with van der Waals surface area (Å²) in [7, 11) is 0. The first-order valence-corrected chi connectivity index (χ1v) is 6.07. The van der Waals surface area contributed by atoms with E-state index in [1.54, 1.807) is 30.6 Å². The predicted octanol–water partition coefficient (Wildman–Crippen LogP) is 2.64. The maximum Gasteiger partial charge on any atom is 0.0911 e. The van der Waals surface area contributed by atoms with Crippen molar-refractivity contribution >= 4 is 23.2 Å². The van der Waals surface area contributed by atoms with E-state index in [4.69, 9.17) is 29.0 Å². The van der Waals surface area contributed by atoms with Crippen LogP contribution in [-0.2, 0) is 0 Å². The SMILES string of the molecule is Cc1cnc(C(NN)c2cc(Cl)ccc2Cl)cn1. The summed E-state index contributed by atoms with van der Waals surface area (Å²) in [4.78, 5) is 8.48. The van der Waals surface area contributed by atoms with Gasteiger partial charge in [0, 0.05) is 16.2 Å². The number of rotatable bonds is 3. The zero-order chi connectivity index (χ0) is 13.1. The lowest BCUT2D eigenvalue weighted by molar-refractivity contribution is 0.617. The summed E-state index contributed by atoms with van der Waals surface area (Å²) in [6.07, 6.45) is 3.34. The van der Waals surface area contributed by atoms with Crippen LogP contribution in [0.2, 0.25) is 10.0 Å². The third-order valence-electron chi connectivity index (χ3n) is 2.53. The number of hydrogen-bond acceptors (Lipinski definition) is 4. The Bertz CT molecular complexity index is 542. The molecule has 18 heavy (non-hydrogen) atoms. The van der Waals surface area contributed by atoms with E-state index in [1.807, 2.05) is 6.92 Å². The van der Waals surface area contributed by atoms with Gasteiger partial charge in [-0.05, 0) is 30.7 Å². The van der Waals surface area contributed by atoms with Crippen molar-refractivity contribution in [3.63, 3.8) is 0 Å². The number of hydrazine groups is 1. The fourth-order valence-corrected chi connectivity index (χ4v) is 2.03. The Kier molecular flexibility index (Phi) is 4.14. The Morgan fingerprint density at radius 2 is 2.00 bits per heavy atom. The molecule has 2 rings (SSSR count). The maximum atomic E-state index is 6.15. The molecule has 0 aliphatic carbocycles. The molecule has 0 fully saturated rings. The molecule has 0 bridgehead atoms. The van der Waals surface area contributed by atoms with Gasteiger partial charge in [0.1, 0.15) is 0 Å². The van der Waals surface area contributed by atoms with Crippen molar-refractivity contribution in [2.45, 2.75) is 13.0 Å². The molecule has 0 aliphatic heterocycles. The molecular weight excluding hydrogens is 271 g/mol. The molecule has 0 saturated carbocycles. The van der Waals surface area contributed by atoms with Crippen LogP contribution in [0.3, 0.4) is 0 Å². The first-order chi connectivity index (χ1) is 8.61. The van der Waals surface area contributed by atoms with Gasteiger partial charge >= 0.3 is 0 Å². The first-order valence-electron chi connectivity index (χ1n) is 5.31. The fourth-order valence-electron chi connectivity index (χ4n) is 1.62. The fraction of sp³-hybridized carbons (Fsp3) is 0.167. The number of aryl methyl sites for hydroxylation is 1. The molecule has 0 spiro atoms. The van der Waals surface area contributed by atoms with Gasteiger partial charge in [-0.25, -0.2) is 5.43 Å². The lowest BCUT2D eigenvalue weighted by Crippen LogP contribution is -2.29. The Morgan fingerprint density at radius 3 is 2.61 bits per heavy atom. The summed E-state index contributed by atoms with van der Waals surface area (Å²) in [5.74, 6) is 5.57. The number of benzene rings is 1. The van der Waals surface area contributed by atoms with Gasteiger partial charge in [-0.3, -0.25) is 15.8 Å². The van der Waals surface area contributed by atoms with Crippen LogP contribution in [0.15, 0.2) is 30.6 Å². The van der Waals surface area contributed by atoms with Crippen LogP contribution in [0.1, 0.15) is 23.0 Å². The average Bonchev–Trinajstić information content (AvgIpc) is 2.37. The lowest BCUT2D eigenvalue weighted by Gasteiger charge is -2.17. The molecule has 1 heterocycles. The summed E-state index contributed by atoms with van der Waals surface area (Å²) in [5, 5.41) is 1.17. The smallest absolute Gasteiger partial charge is 0.0911 e. The van der Waals surface area contributed by atoms with E-state index in [9.17, 15) is 0 Å². The molecule has 1 aromatic heterocycles. The largest absolute Gasteiger partial charge is 0.271 e. The highest BCUT2D eigenvalue weighted by atomic mass is 35.5. The molecule has 0 amide bonds. The van der Waals surface area contributed by atoms with Crippen LogP contribution in [0.25, 0.3) is 0 Å². The standard InChI is InChI=1S/C12H12Cl2N4/c1-7-5-17-11(6-16-7)12(18-15)9-4-8(13)2-3-10(9)14/h2-6,12,18H,15H2,1H3. The van der Waals surface area contributed by atoms with E-state index in [0.717, 1.165) is 11.3 Å². The second-order valence-corrected chi connectivity index (χ2v) is 4.69. The van der Waals surface area contributed by atoms with Gasteiger partial charge in [0.05, 0.1) is 23.6 Å². The third kappa shape index (κ3) is 2.79. The van der Waals surface area contributed by atoms with Gasteiger partial charge in [0.25, 0.3) is 0 Å². The van der Waals surface area contributed by atoms with Crippen LogP contribution in [0, 0.1) is 6.92 Å². The zero-order valence-electron chi connectivity index (χ0n) is 9.69. The average molecular weight is 283 g/mol. The van der Waals surface area contributed by atoms with E-state index >= 15 is 0 Å².